The fourth-order valence-corrected chi connectivity index (χ4v) is 3.26. The summed E-state index contributed by atoms with van der Waals surface area (Å²) in [6.07, 6.45) is 3.72. The van der Waals surface area contributed by atoms with Crippen LogP contribution in [0.2, 0.25) is 0 Å². The molecule has 0 saturated carbocycles. The average Bonchev–Trinajstić information content (AvgIpc) is 2.79. The molecular formula is C28H19F3O. The Kier molecular flexibility index (Phi) is 6.28. The van der Waals surface area contributed by atoms with Gasteiger partial charge in [0.1, 0.15) is 18.2 Å². The van der Waals surface area contributed by atoms with E-state index in [2.05, 4.69) is 11.8 Å². The maximum absolute atomic E-state index is 14.5. The van der Waals surface area contributed by atoms with Gasteiger partial charge in [-0.2, -0.15) is 0 Å². The van der Waals surface area contributed by atoms with Gasteiger partial charge in [0.2, 0.25) is 0 Å². The quantitative estimate of drug-likeness (QED) is 0.245. The molecule has 0 bridgehead atoms. The molecule has 0 saturated heterocycles. The second-order valence-corrected chi connectivity index (χ2v) is 7.18. The van der Waals surface area contributed by atoms with Gasteiger partial charge in [-0.05, 0) is 71.8 Å². The minimum Gasteiger partial charge on any atom is -0.489 e. The fourth-order valence-electron chi connectivity index (χ4n) is 3.26. The Morgan fingerprint density at radius 1 is 0.719 bits per heavy atom. The highest BCUT2D eigenvalue weighted by atomic mass is 19.2. The minimum absolute atomic E-state index is 0.360. The van der Waals surface area contributed by atoms with E-state index in [9.17, 15) is 13.2 Å². The molecule has 4 aromatic rings. The van der Waals surface area contributed by atoms with Crippen LogP contribution in [0.15, 0.2) is 84.9 Å². The van der Waals surface area contributed by atoms with Crippen molar-refractivity contribution >= 4 is 10.8 Å². The highest BCUT2D eigenvalue weighted by Crippen LogP contribution is 2.26. The Balaban J connectivity index is 1.52. The second-order valence-electron chi connectivity index (χ2n) is 7.18. The summed E-state index contributed by atoms with van der Waals surface area (Å²) in [5.41, 5.74) is 2.65. The Labute approximate surface area is 184 Å². The molecule has 4 aromatic carbocycles. The molecule has 158 valence electrons. The van der Waals surface area contributed by atoms with Gasteiger partial charge < -0.3 is 4.74 Å². The highest BCUT2D eigenvalue weighted by molar-refractivity contribution is 5.84. The Morgan fingerprint density at radius 2 is 1.41 bits per heavy atom. The Bertz CT molecular complexity index is 1360. The zero-order valence-electron chi connectivity index (χ0n) is 17.3. The molecule has 1 nitrogen and oxygen atoms in total. The molecule has 0 atom stereocenters. The van der Waals surface area contributed by atoms with Crippen LogP contribution in [0.5, 0.6) is 5.75 Å². The summed E-state index contributed by atoms with van der Waals surface area (Å²) < 4.78 is 46.8. The van der Waals surface area contributed by atoms with Crippen LogP contribution in [0.1, 0.15) is 18.1 Å². The third kappa shape index (κ3) is 4.84. The summed E-state index contributed by atoms with van der Waals surface area (Å²) in [5.74, 6) is 4.43. The van der Waals surface area contributed by atoms with Gasteiger partial charge in [0.05, 0.1) is 0 Å². The van der Waals surface area contributed by atoms with E-state index in [0.717, 1.165) is 17.2 Å². The standard InChI is InChI=1S/C28H19F3O/c1-2-3-14-32-24-12-13-25(26(29)18-24)21-9-6-19(7-10-21)4-5-20-8-11-22-16-27(30)28(31)17-23(22)15-20/h2-3,6-13,15-18H,14H2,1H3/b3-2+. The summed E-state index contributed by atoms with van der Waals surface area (Å²) >= 11 is 0. The van der Waals surface area contributed by atoms with Gasteiger partial charge in [0, 0.05) is 22.8 Å². The van der Waals surface area contributed by atoms with E-state index in [0.29, 0.717) is 34.3 Å². The first-order valence-electron chi connectivity index (χ1n) is 10.1. The number of halogens is 3. The van der Waals surface area contributed by atoms with Gasteiger partial charge in [-0.1, -0.05) is 42.2 Å². The molecule has 32 heavy (non-hydrogen) atoms. The number of hydrogen-bond donors (Lipinski definition) is 0. The Morgan fingerprint density at radius 3 is 2.12 bits per heavy atom. The average molecular weight is 428 g/mol. The largest absolute Gasteiger partial charge is 0.489 e. The lowest BCUT2D eigenvalue weighted by Gasteiger charge is -2.07. The first-order chi connectivity index (χ1) is 15.5. The van der Waals surface area contributed by atoms with Crippen molar-refractivity contribution in [1.82, 2.24) is 0 Å². The van der Waals surface area contributed by atoms with Crippen molar-refractivity contribution in [2.45, 2.75) is 6.92 Å². The number of fused-ring (bicyclic) bond motifs is 1. The van der Waals surface area contributed by atoms with Crippen molar-refractivity contribution in [3.05, 3.63) is 114 Å². The van der Waals surface area contributed by atoms with E-state index >= 15 is 0 Å². The molecule has 0 N–H and O–H groups in total. The van der Waals surface area contributed by atoms with Gasteiger partial charge in [0.25, 0.3) is 0 Å². The van der Waals surface area contributed by atoms with Crippen molar-refractivity contribution in [2.75, 3.05) is 6.61 Å². The van der Waals surface area contributed by atoms with Crippen LogP contribution in [-0.2, 0) is 0 Å². The van der Waals surface area contributed by atoms with E-state index in [4.69, 9.17) is 4.74 Å². The number of allylic oxidation sites excluding steroid dienone is 1. The molecule has 4 heteroatoms. The molecule has 0 aromatic heterocycles. The van der Waals surface area contributed by atoms with Crippen LogP contribution < -0.4 is 4.74 Å². The minimum atomic E-state index is -0.886. The molecule has 0 amide bonds. The van der Waals surface area contributed by atoms with Crippen molar-refractivity contribution in [2.24, 2.45) is 0 Å². The predicted octanol–water partition coefficient (Wildman–Crippen LogP) is 7.28. The second kappa shape index (κ2) is 9.45. The van der Waals surface area contributed by atoms with E-state index in [1.807, 2.05) is 31.2 Å². The number of benzene rings is 4. The lowest BCUT2D eigenvalue weighted by atomic mass is 10.0. The van der Waals surface area contributed by atoms with E-state index in [-0.39, 0.29) is 5.82 Å². The monoisotopic (exact) mass is 428 g/mol. The zero-order valence-corrected chi connectivity index (χ0v) is 17.3. The summed E-state index contributed by atoms with van der Waals surface area (Å²) in [4.78, 5) is 0. The molecule has 0 aliphatic carbocycles. The normalized spacial score (nSPS) is 10.9. The van der Waals surface area contributed by atoms with Crippen molar-refractivity contribution in [3.63, 3.8) is 0 Å². The van der Waals surface area contributed by atoms with Crippen molar-refractivity contribution in [3.8, 4) is 28.7 Å². The topological polar surface area (TPSA) is 9.23 Å². The van der Waals surface area contributed by atoms with Gasteiger partial charge in [-0.3, -0.25) is 0 Å². The third-order valence-electron chi connectivity index (χ3n) is 4.95. The molecule has 0 radical (unpaired) electrons. The maximum Gasteiger partial charge on any atom is 0.159 e. The molecule has 0 aliphatic rings. The van der Waals surface area contributed by atoms with Crippen LogP contribution >= 0.6 is 0 Å². The van der Waals surface area contributed by atoms with Crippen molar-refractivity contribution < 1.29 is 17.9 Å². The van der Waals surface area contributed by atoms with Crippen LogP contribution in [-0.4, -0.2) is 6.61 Å². The predicted molar refractivity (Wildman–Crippen MR) is 122 cm³/mol. The molecule has 0 heterocycles. The Hall–Kier alpha value is -3.97. The lowest BCUT2D eigenvalue weighted by Crippen LogP contribution is -1.94. The van der Waals surface area contributed by atoms with E-state index in [1.165, 1.54) is 12.1 Å². The summed E-state index contributed by atoms with van der Waals surface area (Å²) in [6, 6.07) is 19.6. The van der Waals surface area contributed by atoms with Crippen LogP contribution in [0.3, 0.4) is 0 Å². The molecule has 0 spiro atoms. The summed E-state index contributed by atoms with van der Waals surface area (Å²) in [6.45, 7) is 2.29. The van der Waals surface area contributed by atoms with Crippen LogP contribution in [0.25, 0.3) is 21.9 Å². The molecular weight excluding hydrogens is 409 g/mol. The van der Waals surface area contributed by atoms with Gasteiger partial charge in [-0.25, -0.2) is 13.2 Å². The maximum atomic E-state index is 14.5. The van der Waals surface area contributed by atoms with Crippen LogP contribution in [0.4, 0.5) is 13.2 Å². The number of ether oxygens (including phenoxy) is 1. The number of hydrogen-bond acceptors (Lipinski definition) is 1. The van der Waals surface area contributed by atoms with E-state index in [1.54, 1.807) is 42.5 Å². The summed E-state index contributed by atoms with van der Waals surface area (Å²) in [5, 5.41) is 1.19. The smallest absolute Gasteiger partial charge is 0.159 e. The number of rotatable bonds is 4. The van der Waals surface area contributed by atoms with Crippen molar-refractivity contribution in [1.29, 1.82) is 0 Å². The first kappa shape index (κ1) is 21.3. The van der Waals surface area contributed by atoms with Crippen LogP contribution in [0, 0.1) is 29.3 Å². The van der Waals surface area contributed by atoms with E-state index < -0.39 is 11.6 Å². The highest BCUT2D eigenvalue weighted by Gasteiger charge is 2.07. The molecule has 0 unspecified atom stereocenters. The third-order valence-corrected chi connectivity index (χ3v) is 4.95. The van der Waals surface area contributed by atoms with Gasteiger partial charge in [-0.15, -0.1) is 0 Å². The fraction of sp³-hybridized carbons (Fsp3) is 0.0714. The first-order valence-corrected chi connectivity index (χ1v) is 10.1. The SMILES string of the molecule is C/C=C/COc1ccc(-c2ccc(C#Cc3ccc4cc(F)c(F)cc4c3)cc2)c(F)c1. The zero-order chi connectivity index (χ0) is 22.5. The lowest BCUT2D eigenvalue weighted by molar-refractivity contribution is 0.360. The molecule has 4 rings (SSSR count). The van der Waals surface area contributed by atoms with Gasteiger partial charge in [0.15, 0.2) is 11.6 Å². The molecule has 0 aliphatic heterocycles. The summed E-state index contributed by atoms with van der Waals surface area (Å²) in [7, 11) is 0. The molecule has 0 fully saturated rings. The van der Waals surface area contributed by atoms with Gasteiger partial charge >= 0.3 is 0 Å².